The number of benzene rings is 1. The molecule has 0 saturated carbocycles. The molecule has 5 heteroatoms. The molecule has 1 aliphatic heterocycles. The van der Waals surface area contributed by atoms with E-state index in [1.807, 2.05) is 6.92 Å². The fraction of sp³-hybridized carbons (Fsp3) is 0.529. The Labute approximate surface area is 136 Å². The third-order valence-corrected chi connectivity index (χ3v) is 4.58. The van der Waals surface area contributed by atoms with Gasteiger partial charge in [0.05, 0.1) is 6.10 Å². The number of ketones is 1. The Bertz CT molecular complexity index is 543. The number of aliphatic hydroxyl groups is 1. The van der Waals surface area contributed by atoms with Gasteiger partial charge in [-0.15, -0.1) is 0 Å². The Balaban J connectivity index is 1.93. The zero-order chi connectivity index (χ0) is 16.3. The van der Waals surface area contributed by atoms with Crippen molar-refractivity contribution in [1.82, 2.24) is 4.90 Å². The van der Waals surface area contributed by atoms with Crippen molar-refractivity contribution in [3.63, 3.8) is 0 Å². The highest BCUT2D eigenvalue weighted by atomic mass is 35.5. The summed E-state index contributed by atoms with van der Waals surface area (Å²) in [6.45, 7) is 4.76. The molecule has 1 saturated heterocycles. The van der Waals surface area contributed by atoms with Crippen molar-refractivity contribution in [2.45, 2.75) is 32.8 Å². The first kappa shape index (κ1) is 17.0. The zero-order valence-corrected chi connectivity index (χ0v) is 13.7. The lowest BCUT2D eigenvalue weighted by Gasteiger charge is -2.34. The van der Waals surface area contributed by atoms with E-state index in [4.69, 9.17) is 11.6 Å². The number of carbonyl (C=O) groups excluding carboxylic acids is 2. The summed E-state index contributed by atoms with van der Waals surface area (Å²) >= 11 is 5.81. The lowest BCUT2D eigenvalue weighted by molar-refractivity contribution is -0.136. The van der Waals surface area contributed by atoms with Crippen LogP contribution in [-0.4, -0.2) is 40.9 Å². The SMILES string of the molecule is CC(CC(=O)N1CCC(C)C(O)C1)C(=O)c1ccc(Cl)cc1. The summed E-state index contributed by atoms with van der Waals surface area (Å²) < 4.78 is 0. The summed E-state index contributed by atoms with van der Waals surface area (Å²) in [6, 6.07) is 6.70. The molecular formula is C17H22ClNO3. The van der Waals surface area contributed by atoms with Crippen LogP contribution in [-0.2, 0) is 4.79 Å². The van der Waals surface area contributed by atoms with E-state index in [0.29, 0.717) is 23.7 Å². The van der Waals surface area contributed by atoms with Gasteiger partial charge in [-0.1, -0.05) is 25.4 Å². The number of likely N-dealkylation sites (tertiary alicyclic amines) is 1. The van der Waals surface area contributed by atoms with E-state index in [1.165, 1.54) is 0 Å². The van der Waals surface area contributed by atoms with Gasteiger partial charge in [0, 0.05) is 36.0 Å². The van der Waals surface area contributed by atoms with E-state index < -0.39 is 6.10 Å². The van der Waals surface area contributed by atoms with Crippen LogP contribution in [0.15, 0.2) is 24.3 Å². The molecule has 120 valence electrons. The number of hydrogen-bond acceptors (Lipinski definition) is 3. The number of Topliss-reactive ketones (excluding diaryl/α,β-unsaturated/α-hetero) is 1. The molecular weight excluding hydrogens is 302 g/mol. The maximum absolute atomic E-state index is 12.3. The van der Waals surface area contributed by atoms with E-state index in [1.54, 1.807) is 36.1 Å². The lowest BCUT2D eigenvalue weighted by atomic mass is 9.93. The van der Waals surface area contributed by atoms with Crippen molar-refractivity contribution in [3.05, 3.63) is 34.9 Å². The number of piperidine rings is 1. The molecule has 2 rings (SSSR count). The Morgan fingerprint density at radius 2 is 2.00 bits per heavy atom. The minimum Gasteiger partial charge on any atom is -0.391 e. The van der Waals surface area contributed by atoms with Gasteiger partial charge in [-0.25, -0.2) is 0 Å². The largest absolute Gasteiger partial charge is 0.391 e. The van der Waals surface area contributed by atoms with Gasteiger partial charge in [-0.3, -0.25) is 9.59 Å². The van der Waals surface area contributed by atoms with Gasteiger partial charge in [0.1, 0.15) is 0 Å². The van der Waals surface area contributed by atoms with Gasteiger partial charge in [0.2, 0.25) is 5.91 Å². The average molecular weight is 324 g/mol. The van der Waals surface area contributed by atoms with Gasteiger partial charge in [-0.2, -0.15) is 0 Å². The summed E-state index contributed by atoms with van der Waals surface area (Å²) in [5, 5.41) is 10.5. The van der Waals surface area contributed by atoms with Crippen LogP contribution in [0.3, 0.4) is 0 Å². The van der Waals surface area contributed by atoms with Gasteiger partial charge >= 0.3 is 0 Å². The first-order chi connectivity index (χ1) is 10.4. The highest BCUT2D eigenvalue weighted by Gasteiger charge is 2.29. The summed E-state index contributed by atoms with van der Waals surface area (Å²) in [4.78, 5) is 26.3. The smallest absolute Gasteiger partial charge is 0.223 e. The van der Waals surface area contributed by atoms with Crippen molar-refractivity contribution in [2.24, 2.45) is 11.8 Å². The predicted octanol–water partition coefficient (Wildman–Crippen LogP) is 2.78. The van der Waals surface area contributed by atoms with Crippen LogP contribution in [0.25, 0.3) is 0 Å². The van der Waals surface area contributed by atoms with Crippen LogP contribution in [0.2, 0.25) is 5.02 Å². The molecule has 1 heterocycles. The zero-order valence-electron chi connectivity index (χ0n) is 13.0. The maximum Gasteiger partial charge on any atom is 0.223 e. The monoisotopic (exact) mass is 323 g/mol. The molecule has 1 aromatic carbocycles. The highest BCUT2D eigenvalue weighted by molar-refractivity contribution is 6.30. The molecule has 1 N–H and O–H groups in total. The van der Waals surface area contributed by atoms with Gasteiger partial charge < -0.3 is 10.0 Å². The topological polar surface area (TPSA) is 57.6 Å². The molecule has 0 radical (unpaired) electrons. The minimum atomic E-state index is -0.472. The molecule has 0 spiro atoms. The molecule has 0 aliphatic carbocycles. The van der Waals surface area contributed by atoms with Crippen LogP contribution >= 0.6 is 11.6 Å². The third kappa shape index (κ3) is 4.08. The number of halogens is 1. The van der Waals surface area contributed by atoms with Crippen LogP contribution in [0, 0.1) is 11.8 Å². The van der Waals surface area contributed by atoms with Crippen molar-refractivity contribution < 1.29 is 14.7 Å². The fourth-order valence-corrected chi connectivity index (χ4v) is 2.78. The second-order valence-corrected chi connectivity index (χ2v) is 6.59. The number of rotatable bonds is 4. The average Bonchev–Trinajstić information content (AvgIpc) is 2.50. The van der Waals surface area contributed by atoms with E-state index in [-0.39, 0.29) is 29.9 Å². The molecule has 0 bridgehead atoms. The molecule has 1 aliphatic rings. The number of β-amino-alcohol motifs (C(OH)–C–C–N with tert-alkyl or cyclic N) is 1. The molecule has 4 nitrogen and oxygen atoms in total. The summed E-state index contributed by atoms with van der Waals surface area (Å²) in [5.41, 5.74) is 0.567. The number of nitrogens with zero attached hydrogens (tertiary/aromatic N) is 1. The number of carbonyl (C=O) groups is 2. The Morgan fingerprint density at radius 3 is 2.59 bits per heavy atom. The van der Waals surface area contributed by atoms with Crippen LogP contribution in [0.4, 0.5) is 0 Å². The summed E-state index contributed by atoms with van der Waals surface area (Å²) in [5.74, 6) is -0.293. The van der Waals surface area contributed by atoms with Crippen molar-refractivity contribution in [2.75, 3.05) is 13.1 Å². The number of hydrogen-bond donors (Lipinski definition) is 1. The van der Waals surface area contributed by atoms with Crippen LogP contribution in [0.1, 0.15) is 37.0 Å². The highest BCUT2D eigenvalue weighted by Crippen LogP contribution is 2.20. The van der Waals surface area contributed by atoms with Gasteiger partial charge in [0.25, 0.3) is 0 Å². The first-order valence-corrected chi connectivity index (χ1v) is 8.02. The Morgan fingerprint density at radius 1 is 1.36 bits per heavy atom. The van der Waals surface area contributed by atoms with E-state index in [9.17, 15) is 14.7 Å². The summed E-state index contributed by atoms with van der Waals surface area (Å²) in [6.07, 6.45) is 0.495. The second kappa shape index (κ2) is 7.25. The van der Waals surface area contributed by atoms with E-state index >= 15 is 0 Å². The molecule has 3 unspecified atom stereocenters. The van der Waals surface area contributed by atoms with E-state index in [0.717, 1.165) is 6.42 Å². The molecule has 3 atom stereocenters. The molecule has 22 heavy (non-hydrogen) atoms. The molecule has 1 aromatic rings. The molecule has 0 aromatic heterocycles. The normalized spacial score (nSPS) is 23.2. The fourth-order valence-electron chi connectivity index (χ4n) is 2.66. The second-order valence-electron chi connectivity index (χ2n) is 6.15. The van der Waals surface area contributed by atoms with Gasteiger partial charge in [0.15, 0.2) is 5.78 Å². The lowest BCUT2D eigenvalue weighted by Crippen LogP contribution is -2.46. The predicted molar refractivity (Wildman–Crippen MR) is 85.9 cm³/mol. The van der Waals surface area contributed by atoms with Crippen molar-refractivity contribution in [1.29, 1.82) is 0 Å². The quantitative estimate of drug-likeness (QED) is 0.867. The maximum atomic E-state index is 12.3. The Kier molecular flexibility index (Phi) is 5.59. The molecule has 1 amide bonds. The van der Waals surface area contributed by atoms with Crippen LogP contribution in [0.5, 0.6) is 0 Å². The number of amides is 1. The van der Waals surface area contributed by atoms with Crippen molar-refractivity contribution >= 4 is 23.3 Å². The van der Waals surface area contributed by atoms with Crippen LogP contribution < -0.4 is 0 Å². The first-order valence-electron chi connectivity index (χ1n) is 7.64. The third-order valence-electron chi connectivity index (χ3n) is 4.33. The van der Waals surface area contributed by atoms with E-state index in [2.05, 4.69) is 0 Å². The Hall–Kier alpha value is -1.39. The van der Waals surface area contributed by atoms with Gasteiger partial charge in [-0.05, 0) is 36.6 Å². The minimum absolute atomic E-state index is 0.0593. The summed E-state index contributed by atoms with van der Waals surface area (Å²) in [7, 11) is 0. The molecule has 1 fully saturated rings. The van der Waals surface area contributed by atoms with Crippen molar-refractivity contribution in [3.8, 4) is 0 Å². The number of aliphatic hydroxyl groups excluding tert-OH is 1. The standard InChI is InChI=1S/C17H22ClNO3/c1-11-7-8-19(10-15(11)20)16(21)9-12(2)17(22)13-3-5-14(18)6-4-13/h3-6,11-12,15,20H,7-10H2,1-2H3.